The predicted molar refractivity (Wildman–Crippen MR) is 91.8 cm³/mol. The average molecular weight is 354 g/mol. The van der Waals surface area contributed by atoms with Crippen molar-refractivity contribution in [2.24, 2.45) is 0 Å². The third-order valence-electron chi connectivity index (χ3n) is 5.42. The predicted octanol–water partition coefficient (Wildman–Crippen LogP) is 1.89. The topological polar surface area (TPSA) is 75.2 Å². The smallest absolute Gasteiger partial charge is 0.256 e. The van der Waals surface area contributed by atoms with Crippen LogP contribution in [0.4, 0.5) is 4.39 Å². The summed E-state index contributed by atoms with van der Waals surface area (Å²) in [6, 6.07) is 5.14. The molecule has 0 bridgehead atoms. The lowest BCUT2D eigenvalue weighted by molar-refractivity contribution is -0.121. The van der Waals surface area contributed by atoms with Crippen LogP contribution in [0, 0.1) is 5.82 Å². The minimum Gasteiger partial charge on any atom is -0.350 e. The molecule has 4 heterocycles. The Kier molecular flexibility index (Phi) is 4.14. The third kappa shape index (κ3) is 2.94. The summed E-state index contributed by atoms with van der Waals surface area (Å²) in [5.74, 6) is -1.09. The van der Waals surface area contributed by atoms with Gasteiger partial charge in [-0.3, -0.25) is 19.6 Å². The molecule has 2 amide bonds. The molecule has 26 heavy (non-hydrogen) atoms. The SMILES string of the molecule is O=C1NC2(CCN(C(=O)c3ccncc3F)CC2)CC1c1ccncc1. The van der Waals surface area contributed by atoms with Crippen molar-refractivity contribution in [3.8, 4) is 0 Å². The fourth-order valence-corrected chi connectivity index (χ4v) is 3.93. The summed E-state index contributed by atoms with van der Waals surface area (Å²) in [4.78, 5) is 34.3. The minimum atomic E-state index is -0.607. The van der Waals surface area contributed by atoms with Crippen LogP contribution in [0.15, 0.2) is 43.0 Å². The Morgan fingerprint density at radius 3 is 2.54 bits per heavy atom. The highest BCUT2D eigenvalue weighted by Crippen LogP contribution is 2.39. The summed E-state index contributed by atoms with van der Waals surface area (Å²) in [6.45, 7) is 0.980. The van der Waals surface area contributed by atoms with Gasteiger partial charge in [0.05, 0.1) is 17.7 Å². The molecule has 0 saturated carbocycles. The first kappa shape index (κ1) is 16.6. The van der Waals surface area contributed by atoms with Gasteiger partial charge in [-0.1, -0.05) is 0 Å². The lowest BCUT2D eigenvalue weighted by atomic mass is 9.82. The molecule has 1 N–H and O–H groups in total. The van der Waals surface area contributed by atoms with Gasteiger partial charge in [0.15, 0.2) is 5.82 Å². The van der Waals surface area contributed by atoms with Gasteiger partial charge in [-0.2, -0.15) is 0 Å². The molecule has 7 heteroatoms. The zero-order valence-corrected chi connectivity index (χ0v) is 14.2. The summed E-state index contributed by atoms with van der Waals surface area (Å²) in [5.41, 5.74) is 0.714. The fourth-order valence-electron chi connectivity index (χ4n) is 3.93. The van der Waals surface area contributed by atoms with E-state index < -0.39 is 5.82 Å². The first-order valence-corrected chi connectivity index (χ1v) is 8.69. The Morgan fingerprint density at radius 1 is 1.15 bits per heavy atom. The molecule has 2 aromatic rings. The molecule has 1 unspecified atom stereocenters. The number of nitrogens with zero attached hydrogens (tertiary/aromatic N) is 3. The van der Waals surface area contributed by atoms with Crippen molar-refractivity contribution in [1.82, 2.24) is 20.2 Å². The molecule has 1 atom stereocenters. The molecule has 1 spiro atoms. The highest BCUT2D eigenvalue weighted by molar-refractivity contribution is 5.94. The van der Waals surface area contributed by atoms with Crippen LogP contribution in [-0.4, -0.2) is 45.3 Å². The van der Waals surface area contributed by atoms with Gasteiger partial charge < -0.3 is 10.2 Å². The second-order valence-corrected chi connectivity index (χ2v) is 6.95. The van der Waals surface area contributed by atoms with Crippen molar-refractivity contribution >= 4 is 11.8 Å². The number of nitrogens with one attached hydrogen (secondary N) is 1. The monoisotopic (exact) mass is 354 g/mol. The molecule has 2 aliphatic rings. The van der Waals surface area contributed by atoms with Crippen LogP contribution in [-0.2, 0) is 4.79 Å². The van der Waals surface area contributed by atoms with Gasteiger partial charge in [-0.25, -0.2) is 4.39 Å². The van der Waals surface area contributed by atoms with Crippen LogP contribution < -0.4 is 5.32 Å². The highest BCUT2D eigenvalue weighted by atomic mass is 19.1. The number of hydrogen-bond donors (Lipinski definition) is 1. The zero-order chi connectivity index (χ0) is 18.1. The molecule has 2 aliphatic heterocycles. The number of piperidine rings is 1. The summed E-state index contributed by atoms with van der Waals surface area (Å²) in [6.07, 6.45) is 7.89. The van der Waals surface area contributed by atoms with Gasteiger partial charge in [0, 0.05) is 37.2 Å². The van der Waals surface area contributed by atoms with Crippen molar-refractivity contribution < 1.29 is 14.0 Å². The standard InChI is InChI=1S/C19H19FN4O2/c20-16-12-22-8-3-14(16)18(26)24-9-4-19(5-10-24)11-15(17(25)23-19)13-1-6-21-7-2-13/h1-3,6-8,12,15H,4-5,9-11H2,(H,23,25). The van der Waals surface area contributed by atoms with Crippen LogP contribution in [0.2, 0.25) is 0 Å². The second kappa shape index (κ2) is 6.48. The molecule has 2 aromatic heterocycles. The van der Waals surface area contributed by atoms with Gasteiger partial charge >= 0.3 is 0 Å². The van der Waals surface area contributed by atoms with Crippen molar-refractivity contribution in [3.63, 3.8) is 0 Å². The van der Waals surface area contributed by atoms with E-state index in [0.717, 1.165) is 11.8 Å². The van der Waals surface area contributed by atoms with Gasteiger partial charge in [0.25, 0.3) is 5.91 Å². The Hall–Kier alpha value is -2.83. The van der Waals surface area contributed by atoms with E-state index in [1.165, 1.54) is 12.3 Å². The number of carbonyl (C=O) groups excluding carboxylic acids is 2. The number of rotatable bonds is 2. The van der Waals surface area contributed by atoms with Gasteiger partial charge in [0.1, 0.15) is 0 Å². The Morgan fingerprint density at radius 2 is 1.85 bits per heavy atom. The lowest BCUT2D eigenvalue weighted by Gasteiger charge is -2.39. The van der Waals surface area contributed by atoms with E-state index in [4.69, 9.17) is 0 Å². The molecule has 4 rings (SSSR count). The van der Waals surface area contributed by atoms with Gasteiger partial charge in [-0.05, 0) is 43.0 Å². The highest BCUT2D eigenvalue weighted by Gasteiger charge is 2.46. The van der Waals surface area contributed by atoms with E-state index in [2.05, 4.69) is 15.3 Å². The summed E-state index contributed by atoms with van der Waals surface area (Å²) < 4.78 is 13.8. The van der Waals surface area contributed by atoms with Crippen LogP contribution in [0.1, 0.15) is 41.1 Å². The maximum atomic E-state index is 13.8. The first-order valence-electron chi connectivity index (χ1n) is 8.69. The van der Waals surface area contributed by atoms with Crippen LogP contribution in [0.5, 0.6) is 0 Å². The summed E-state index contributed by atoms with van der Waals surface area (Å²) >= 11 is 0. The molecule has 134 valence electrons. The molecule has 0 aliphatic carbocycles. The molecule has 2 fully saturated rings. The van der Waals surface area contributed by atoms with Crippen LogP contribution in [0.3, 0.4) is 0 Å². The molecular formula is C19H19FN4O2. The average Bonchev–Trinajstić information content (AvgIpc) is 2.99. The number of carbonyl (C=O) groups is 2. The number of aromatic nitrogens is 2. The van der Waals surface area contributed by atoms with E-state index in [-0.39, 0.29) is 28.8 Å². The molecular weight excluding hydrogens is 335 g/mol. The number of pyridine rings is 2. The maximum absolute atomic E-state index is 13.8. The third-order valence-corrected chi connectivity index (χ3v) is 5.42. The first-order chi connectivity index (χ1) is 12.6. The van der Waals surface area contributed by atoms with E-state index in [9.17, 15) is 14.0 Å². The van der Waals surface area contributed by atoms with Crippen molar-refractivity contribution in [3.05, 3.63) is 59.9 Å². The molecule has 6 nitrogen and oxygen atoms in total. The molecule has 0 aromatic carbocycles. The fraction of sp³-hybridized carbons (Fsp3) is 0.368. The van der Waals surface area contributed by atoms with Gasteiger partial charge in [0.2, 0.25) is 5.91 Å². The van der Waals surface area contributed by atoms with Crippen molar-refractivity contribution in [2.45, 2.75) is 30.7 Å². The Labute approximate surface area is 150 Å². The lowest BCUT2D eigenvalue weighted by Crippen LogP contribution is -2.52. The van der Waals surface area contributed by atoms with Gasteiger partial charge in [-0.15, -0.1) is 0 Å². The number of hydrogen-bond acceptors (Lipinski definition) is 4. The normalized spacial score (nSPS) is 21.7. The van der Waals surface area contributed by atoms with E-state index in [1.54, 1.807) is 17.3 Å². The van der Waals surface area contributed by atoms with Crippen LogP contribution in [0.25, 0.3) is 0 Å². The van der Waals surface area contributed by atoms with E-state index >= 15 is 0 Å². The van der Waals surface area contributed by atoms with Crippen LogP contribution >= 0.6 is 0 Å². The van der Waals surface area contributed by atoms with E-state index in [1.807, 2.05) is 12.1 Å². The summed E-state index contributed by atoms with van der Waals surface area (Å²) in [5, 5.41) is 3.15. The molecule has 0 radical (unpaired) electrons. The largest absolute Gasteiger partial charge is 0.350 e. The van der Waals surface area contributed by atoms with Crippen molar-refractivity contribution in [2.75, 3.05) is 13.1 Å². The Bertz CT molecular complexity index is 834. The van der Waals surface area contributed by atoms with Crippen molar-refractivity contribution in [1.29, 1.82) is 0 Å². The number of amides is 2. The number of likely N-dealkylation sites (tertiary alicyclic amines) is 1. The minimum absolute atomic E-state index is 0.0242. The Balaban J connectivity index is 1.45. The zero-order valence-electron chi connectivity index (χ0n) is 14.2. The van der Waals surface area contributed by atoms with E-state index in [0.29, 0.717) is 32.4 Å². The second-order valence-electron chi connectivity index (χ2n) is 6.95. The number of halogens is 1. The quantitative estimate of drug-likeness (QED) is 0.894. The summed E-state index contributed by atoms with van der Waals surface area (Å²) in [7, 11) is 0. The maximum Gasteiger partial charge on any atom is 0.256 e. The molecule has 2 saturated heterocycles.